The lowest BCUT2D eigenvalue weighted by Gasteiger charge is -2.28. The molecular weight excluding hydrogens is 292 g/mol. The Hall–Kier alpha value is -0.680. The van der Waals surface area contributed by atoms with E-state index in [1.807, 2.05) is 6.07 Å². The Morgan fingerprint density at radius 3 is 2.56 bits per heavy atom. The van der Waals surface area contributed by atoms with Gasteiger partial charge in [-0.25, -0.2) is 9.97 Å². The first-order valence-electron chi connectivity index (χ1n) is 6.24. The van der Waals surface area contributed by atoms with Crippen LogP contribution in [0.15, 0.2) is 10.7 Å². The highest BCUT2D eigenvalue weighted by Gasteiger charge is 2.18. The third kappa shape index (κ3) is 5.31. The summed E-state index contributed by atoms with van der Waals surface area (Å²) in [7, 11) is 4.19. The molecule has 0 aliphatic carbocycles. The molecule has 0 aliphatic heterocycles. The standard InChI is InChI=1S/C13H23BrN4/c1-6-11-16-10(14)7-12(17-11)15-8-13(2,3)9-18(4)5/h7H,6,8-9H2,1-5H3,(H,15,16,17). The van der Waals surface area contributed by atoms with Crippen molar-refractivity contribution in [2.24, 2.45) is 5.41 Å². The summed E-state index contributed by atoms with van der Waals surface area (Å²) < 4.78 is 0.835. The summed E-state index contributed by atoms with van der Waals surface area (Å²) in [6, 6.07) is 1.92. The van der Waals surface area contributed by atoms with Gasteiger partial charge in [-0.2, -0.15) is 0 Å². The molecule has 0 radical (unpaired) electrons. The summed E-state index contributed by atoms with van der Waals surface area (Å²) in [6.07, 6.45) is 0.842. The zero-order chi connectivity index (χ0) is 13.8. The van der Waals surface area contributed by atoms with Gasteiger partial charge in [-0.15, -0.1) is 0 Å². The smallest absolute Gasteiger partial charge is 0.131 e. The quantitative estimate of drug-likeness (QED) is 0.820. The van der Waals surface area contributed by atoms with Gasteiger partial charge >= 0.3 is 0 Å². The third-order valence-corrected chi connectivity index (χ3v) is 2.96. The summed E-state index contributed by atoms with van der Waals surface area (Å²) in [5.41, 5.74) is 0.202. The van der Waals surface area contributed by atoms with Gasteiger partial charge in [0.15, 0.2) is 0 Å². The monoisotopic (exact) mass is 314 g/mol. The van der Waals surface area contributed by atoms with Gasteiger partial charge in [-0.1, -0.05) is 20.8 Å². The Kier molecular flexibility index (Phi) is 5.53. The largest absolute Gasteiger partial charge is 0.369 e. The van der Waals surface area contributed by atoms with E-state index in [1.54, 1.807) is 0 Å². The summed E-state index contributed by atoms with van der Waals surface area (Å²) in [5, 5.41) is 3.40. The van der Waals surface area contributed by atoms with Crippen LogP contribution in [0, 0.1) is 5.41 Å². The molecule has 1 rings (SSSR count). The zero-order valence-electron chi connectivity index (χ0n) is 11.9. The highest BCUT2D eigenvalue weighted by atomic mass is 79.9. The van der Waals surface area contributed by atoms with Gasteiger partial charge in [0.05, 0.1) is 0 Å². The minimum absolute atomic E-state index is 0.202. The van der Waals surface area contributed by atoms with Crippen LogP contribution in [0.5, 0.6) is 0 Å². The molecule has 5 heteroatoms. The molecular formula is C13H23BrN4. The van der Waals surface area contributed by atoms with Gasteiger partial charge in [0, 0.05) is 25.6 Å². The Balaban J connectivity index is 2.65. The summed E-state index contributed by atoms with van der Waals surface area (Å²) in [4.78, 5) is 11.0. The van der Waals surface area contributed by atoms with Crippen LogP contribution in [-0.4, -0.2) is 42.1 Å². The molecule has 0 saturated heterocycles. The topological polar surface area (TPSA) is 41.1 Å². The number of aromatic nitrogens is 2. The van der Waals surface area contributed by atoms with Crippen molar-refractivity contribution in [2.45, 2.75) is 27.2 Å². The van der Waals surface area contributed by atoms with E-state index < -0.39 is 0 Å². The van der Waals surface area contributed by atoms with Crippen LogP contribution in [0.25, 0.3) is 0 Å². The lowest BCUT2D eigenvalue weighted by atomic mass is 9.93. The fourth-order valence-electron chi connectivity index (χ4n) is 1.96. The molecule has 18 heavy (non-hydrogen) atoms. The highest BCUT2D eigenvalue weighted by Crippen LogP contribution is 2.18. The molecule has 0 atom stereocenters. The van der Waals surface area contributed by atoms with Crippen LogP contribution in [-0.2, 0) is 6.42 Å². The predicted molar refractivity (Wildman–Crippen MR) is 79.9 cm³/mol. The Morgan fingerprint density at radius 2 is 2.00 bits per heavy atom. The van der Waals surface area contributed by atoms with E-state index in [9.17, 15) is 0 Å². The molecule has 4 nitrogen and oxygen atoms in total. The van der Waals surface area contributed by atoms with Crippen LogP contribution in [0.1, 0.15) is 26.6 Å². The van der Waals surface area contributed by atoms with Crippen molar-refractivity contribution in [2.75, 3.05) is 32.5 Å². The average molecular weight is 315 g/mol. The Bertz CT molecular complexity index is 391. The molecule has 1 aromatic heterocycles. The second kappa shape index (κ2) is 6.48. The molecule has 0 bridgehead atoms. The number of nitrogens with zero attached hydrogens (tertiary/aromatic N) is 3. The van der Waals surface area contributed by atoms with Crippen LogP contribution in [0.3, 0.4) is 0 Å². The number of hydrogen-bond donors (Lipinski definition) is 1. The van der Waals surface area contributed by atoms with Gasteiger partial charge < -0.3 is 10.2 Å². The maximum atomic E-state index is 4.47. The summed E-state index contributed by atoms with van der Waals surface area (Å²) >= 11 is 3.42. The van der Waals surface area contributed by atoms with Crippen molar-refractivity contribution in [3.05, 3.63) is 16.5 Å². The third-order valence-electron chi connectivity index (χ3n) is 2.55. The van der Waals surface area contributed by atoms with E-state index in [2.05, 4.69) is 71.0 Å². The second-order valence-electron chi connectivity index (χ2n) is 5.60. The zero-order valence-corrected chi connectivity index (χ0v) is 13.5. The molecule has 0 amide bonds. The van der Waals surface area contributed by atoms with Gasteiger partial charge in [0.1, 0.15) is 16.2 Å². The van der Waals surface area contributed by atoms with Crippen molar-refractivity contribution in [3.63, 3.8) is 0 Å². The molecule has 0 spiro atoms. The first-order chi connectivity index (χ1) is 8.32. The molecule has 1 heterocycles. The van der Waals surface area contributed by atoms with Crippen LogP contribution in [0.4, 0.5) is 5.82 Å². The maximum Gasteiger partial charge on any atom is 0.131 e. The fraction of sp³-hybridized carbons (Fsp3) is 0.692. The lowest BCUT2D eigenvalue weighted by molar-refractivity contribution is 0.254. The lowest BCUT2D eigenvalue weighted by Crippen LogP contribution is -2.34. The van der Waals surface area contributed by atoms with E-state index >= 15 is 0 Å². The number of aryl methyl sites for hydroxylation is 1. The number of nitrogens with one attached hydrogen (secondary N) is 1. The van der Waals surface area contributed by atoms with Gasteiger partial charge in [-0.3, -0.25) is 0 Å². The second-order valence-corrected chi connectivity index (χ2v) is 6.41. The maximum absolute atomic E-state index is 4.47. The molecule has 0 aliphatic rings. The van der Waals surface area contributed by atoms with Crippen molar-refractivity contribution < 1.29 is 0 Å². The van der Waals surface area contributed by atoms with E-state index in [-0.39, 0.29) is 5.41 Å². The van der Waals surface area contributed by atoms with E-state index in [4.69, 9.17) is 0 Å². The van der Waals surface area contributed by atoms with E-state index in [1.165, 1.54) is 0 Å². The number of halogens is 1. The van der Waals surface area contributed by atoms with Crippen molar-refractivity contribution >= 4 is 21.7 Å². The van der Waals surface area contributed by atoms with Crippen LogP contribution < -0.4 is 5.32 Å². The first-order valence-corrected chi connectivity index (χ1v) is 7.04. The van der Waals surface area contributed by atoms with Crippen molar-refractivity contribution in [1.29, 1.82) is 0 Å². The van der Waals surface area contributed by atoms with Crippen LogP contribution in [0.2, 0.25) is 0 Å². The summed E-state index contributed by atoms with van der Waals surface area (Å²) in [5.74, 6) is 1.75. The molecule has 102 valence electrons. The minimum atomic E-state index is 0.202. The predicted octanol–water partition coefficient (Wildman–Crippen LogP) is 2.80. The summed E-state index contributed by atoms with van der Waals surface area (Å²) in [6.45, 7) is 8.47. The average Bonchev–Trinajstić information content (AvgIpc) is 2.24. The molecule has 0 aromatic carbocycles. The fourth-order valence-corrected chi connectivity index (χ4v) is 2.38. The Labute approximate surface area is 118 Å². The van der Waals surface area contributed by atoms with Crippen LogP contribution >= 0.6 is 15.9 Å². The number of rotatable bonds is 6. The van der Waals surface area contributed by atoms with E-state index in [0.717, 1.165) is 35.8 Å². The number of anilines is 1. The Morgan fingerprint density at radius 1 is 1.33 bits per heavy atom. The number of hydrogen-bond acceptors (Lipinski definition) is 4. The normalized spacial score (nSPS) is 11.9. The van der Waals surface area contributed by atoms with Crippen molar-refractivity contribution in [1.82, 2.24) is 14.9 Å². The molecule has 1 aromatic rings. The molecule has 0 saturated carbocycles. The molecule has 1 N–H and O–H groups in total. The van der Waals surface area contributed by atoms with Gasteiger partial charge in [-0.05, 0) is 35.4 Å². The SMILES string of the molecule is CCc1nc(Br)cc(NCC(C)(C)CN(C)C)n1. The van der Waals surface area contributed by atoms with Crippen molar-refractivity contribution in [3.8, 4) is 0 Å². The molecule has 0 fully saturated rings. The van der Waals surface area contributed by atoms with Gasteiger partial charge in [0.2, 0.25) is 0 Å². The molecule has 0 unspecified atom stereocenters. The highest BCUT2D eigenvalue weighted by molar-refractivity contribution is 9.10. The van der Waals surface area contributed by atoms with Gasteiger partial charge in [0.25, 0.3) is 0 Å². The first kappa shape index (κ1) is 15.4. The minimum Gasteiger partial charge on any atom is -0.369 e. The van der Waals surface area contributed by atoms with E-state index in [0.29, 0.717) is 0 Å².